The van der Waals surface area contributed by atoms with Crippen LogP contribution in [0.2, 0.25) is 0 Å². The predicted octanol–water partition coefficient (Wildman–Crippen LogP) is 5.06. The number of allylic oxidation sites excluding steroid dienone is 2. The van der Waals surface area contributed by atoms with E-state index in [9.17, 15) is 0 Å². The summed E-state index contributed by atoms with van der Waals surface area (Å²) in [7, 11) is 0. The second-order valence-corrected chi connectivity index (χ2v) is 5.15. The van der Waals surface area contributed by atoms with Crippen LogP contribution < -0.4 is 0 Å². The van der Waals surface area contributed by atoms with E-state index in [0.29, 0.717) is 0 Å². The van der Waals surface area contributed by atoms with Crippen LogP contribution in [-0.4, -0.2) is 10.7 Å². The average molecular weight is 278 g/mol. The van der Waals surface area contributed by atoms with Gasteiger partial charge in [-0.05, 0) is 56.9 Å². The van der Waals surface area contributed by atoms with Crippen LogP contribution in [0.15, 0.2) is 65.2 Å². The molecule has 1 aromatic heterocycles. The van der Waals surface area contributed by atoms with Crippen LogP contribution >= 0.6 is 0 Å². The fraction of sp³-hybridized carbons (Fsp3) is 0.263. The van der Waals surface area contributed by atoms with Crippen LogP contribution in [-0.2, 0) is 6.42 Å². The van der Waals surface area contributed by atoms with Crippen molar-refractivity contribution in [2.75, 3.05) is 0 Å². The first-order valence-corrected chi connectivity index (χ1v) is 7.37. The van der Waals surface area contributed by atoms with Crippen LogP contribution in [0, 0.1) is 6.92 Å². The summed E-state index contributed by atoms with van der Waals surface area (Å²) in [4.78, 5) is 9.21. The number of hydrogen-bond acceptors (Lipinski definition) is 2. The normalized spacial score (nSPS) is 12.5. The van der Waals surface area contributed by atoms with Crippen molar-refractivity contribution < 1.29 is 0 Å². The topological polar surface area (TPSA) is 25.2 Å². The number of hydrogen-bond donors (Lipinski definition) is 0. The SMILES string of the molecule is C/C=C(C)/C(CCc1ccccc1)=N\c1cccc(C)n1. The Morgan fingerprint density at radius 1 is 1.10 bits per heavy atom. The Morgan fingerprint density at radius 2 is 1.86 bits per heavy atom. The zero-order chi connectivity index (χ0) is 15.1. The molecule has 0 radical (unpaired) electrons. The van der Waals surface area contributed by atoms with Crippen molar-refractivity contribution in [1.29, 1.82) is 0 Å². The Hall–Kier alpha value is -2.22. The molecule has 1 heterocycles. The number of rotatable bonds is 5. The van der Waals surface area contributed by atoms with E-state index in [2.05, 4.69) is 49.2 Å². The van der Waals surface area contributed by atoms with Gasteiger partial charge in [-0.1, -0.05) is 42.5 Å². The molecule has 2 heteroatoms. The fourth-order valence-electron chi connectivity index (χ4n) is 2.14. The lowest BCUT2D eigenvalue weighted by molar-refractivity contribution is 1.03. The molecule has 0 aliphatic rings. The molecule has 0 aliphatic carbocycles. The summed E-state index contributed by atoms with van der Waals surface area (Å²) in [6, 6.07) is 16.5. The van der Waals surface area contributed by atoms with Crippen molar-refractivity contribution in [2.45, 2.75) is 33.6 Å². The molecule has 0 amide bonds. The van der Waals surface area contributed by atoms with Gasteiger partial charge in [0.2, 0.25) is 0 Å². The summed E-state index contributed by atoms with van der Waals surface area (Å²) in [5.41, 5.74) is 4.66. The minimum absolute atomic E-state index is 0.791. The molecule has 0 saturated heterocycles. The van der Waals surface area contributed by atoms with E-state index in [-0.39, 0.29) is 0 Å². The number of aryl methyl sites for hydroxylation is 2. The Bertz CT molecular complexity index is 640. The molecule has 0 aliphatic heterocycles. The van der Waals surface area contributed by atoms with Crippen molar-refractivity contribution in [1.82, 2.24) is 4.98 Å². The van der Waals surface area contributed by atoms with E-state index in [1.807, 2.05) is 31.2 Å². The smallest absolute Gasteiger partial charge is 0.152 e. The maximum absolute atomic E-state index is 4.74. The second-order valence-electron chi connectivity index (χ2n) is 5.15. The van der Waals surface area contributed by atoms with Gasteiger partial charge in [0.15, 0.2) is 5.82 Å². The summed E-state index contributed by atoms with van der Waals surface area (Å²) in [5, 5.41) is 0. The van der Waals surface area contributed by atoms with Crippen molar-refractivity contribution in [2.24, 2.45) is 4.99 Å². The highest BCUT2D eigenvalue weighted by Crippen LogP contribution is 2.15. The summed E-state index contributed by atoms with van der Waals surface area (Å²) >= 11 is 0. The molecular formula is C19H22N2. The molecule has 0 bridgehead atoms. The Balaban J connectivity index is 2.19. The van der Waals surface area contributed by atoms with Gasteiger partial charge in [-0.15, -0.1) is 0 Å². The van der Waals surface area contributed by atoms with E-state index >= 15 is 0 Å². The van der Waals surface area contributed by atoms with Gasteiger partial charge in [0.25, 0.3) is 0 Å². The van der Waals surface area contributed by atoms with Crippen LogP contribution in [0.5, 0.6) is 0 Å². The largest absolute Gasteiger partial charge is 0.234 e. The van der Waals surface area contributed by atoms with E-state index in [1.165, 1.54) is 11.1 Å². The van der Waals surface area contributed by atoms with Gasteiger partial charge in [-0.25, -0.2) is 9.98 Å². The lowest BCUT2D eigenvalue weighted by Gasteiger charge is -2.07. The quantitative estimate of drug-likeness (QED) is 0.702. The summed E-state index contributed by atoms with van der Waals surface area (Å²) in [5.74, 6) is 0.791. The minimum atomic E-state index is 0.791. The molecule has 2 nitrogen and oxygen atoms in total. The van der Waals surface area contributed by atoms with Gasteiger partial charge in [-0.3, -0.25) is 0 Å². The van der Waals surface area contributed by atoms with E-state index < -0.39 is 0 Å². The Morgan fingerprint density at radius 3 is 2.52 bits per heavy atom. The maximum Gasteiger partial charge on any atom is 0.152 e. The number of aromatic nitrogens is 1. The van der Waals surface area contributed by atoms with Crippen molar-refractivity contribution in [3.63, 3.8) is 0 Å². The number of nitrogens with zero attached hydrogens (tertiary/aromatic N) is 2. The zero-order valence-corrected chi connectivity index (χ0v) is 13.0. The summed E-state index contributed by atoms with van der Waals surface area (Å²) in [6.45, 7) is 6.15. The first-order chi connectivity index (χ1) is 10.2. The molecule has 1 aromatic carbocycles. The molecule has 108 valence electrons. The summed E-state index contributed by atoms with van der Waals surface area (Å²) < 4.78 is 0. The highest BCUT2D eigenvalue weighted by Gasteiger charge is 2.04. The molecule has 2 rings (SSSR count). The second kappa shape index (κ2) is 7.53. The predicted molar refractivity (Wildman–Crippen MR) is 90.3 cm³/mol. The average Bonchev–Trinajstić information content (AvgIpc) is 2.51. The van der Waals surface area contributed by atoms with Crippen molar-refractivity contribution in [3.05, 3.63) is 71.4 Å². The Labute approximate surface area is 127 Å². The maximum atomic E-state index is 4.74. The minimum Gasteiger partial charge on any atom is -0.234 e. The third kappa shape index (κ3) is 4.67. The highest BCUT2D eigenvalue weighted by molar-refractivity contribution is 6.01. The fourth-order valence-corrected chi connectivity index (χ4v) is 2.14. The molecule has 21 heavy (non-hydrogen) atoms. The Kier molecular flexibility index (Phi) is 5.44. The lowest BCUT2D eigenvalue weighted by atomic mass is 10.0. The summed E-state index contributed by atoms with van der Waals surface area (Å²) in [6.07, 6.45) is 4.03. The van der Waals surface area contributed by atoms with Gasteiger partial charge in [0.05, 0.1) is 0 Å². The van der Waals surface area contributed by atoms with E-state index in [4.69, 9.17) is 4.99 Å². The third-order valence-corrected chi connectivity index (χ3v) is 3.50. The number of aliphatic imine (C=N–C) groups is 1. The number of benzene rings is 1. The van der Waals surface area contributed by atoms with Crippen LogP contribution in [0.1, 0.15) is 31.5 Å². The zero-order valence-electron chi connectivity index (χ0n) is 13.0. The molecule has 0 atom stereocenters. The van der Waals surface area contributed by atoms with Crippen LogP contribution in [0.25, 0.3) is 0 Å². The van der Waals surface area contributed by atoms with E-state index in [0.717, 1.165) is 30.1 Å². The van der Waals surface area contributed by atoms with Crippen molar-refractivity contribution >= 4 is 11.5 Å². The first-order valence-electron chi connectivity index (χ1n) is 7.37. The van der Waals surface area contributed by atoms with Gasteiger partial charge in [0, 0.05) is 11.4 Å². The van der Waals surface area contributed by atoms with Crippen molar-refractivity contribution in [3.8, 4) is 0 Å². The molecule has 0 fully saturated rings. The standard InChI is InChI=1S/C19H22N2/c1-4-15(2)18(14-13-17-10-6-5-7-11-17)21-19-12-8-9-16(3)20-19/h4-12H,13-14H2,1-3H3/b15-4+,21-18-. The molecule has 0 N–H and O–H groups in total. The monoisotopic (exact) mass is 278 g/mol. The van der Waals surface area contributed by atoms with Gasteiger partial charge < -0.3 is 0 Å². The third-order valence-electron chi connectivity index (χ3n) is 3.50. The van der Waals surface area contributed by atoms with Crippen LogP contribution in [0.4, 0.5) is 5.82 Å². The molecule has 0 saturated carbocycles. The lowest BCUT2D eigenvalue weighted by Crippen LogP contribution is -2.02. The molecule has 0 unspecified atom stereocenters. The van der Waals surface area contributed by atoms with Gasteiger partial charge >= 0.3 is 0 Å². The van der Waals surface area contributed by atoms with Crippen LogP contribution in [0.3, 0.4) is 0 Å². The highest BCUT2D eigenvalue weighted by atomic mass is 14.9. The van der Waals surface area contributed by atoms with Gasteiger partial charge in [-0.2, -0.15) is 0 Å². The van der Waals surface area contributed by atoms with Gasteiger partial charge in [0.1, 0.15) is 0 Å². The van der Waals surface area contributed by atoms with E-state index in [1.54, 1.807) is 0 Å². The number of pyridine rings is 1. The molecular weight excluding hydrogens is 256 g/mol. The molecule has 2 aromatic rings. The molecule has 0 spiro atoms. The first kappa shape index (κ1) is 15.2.